The van der Waals surface area contributed by atoms with Crippen molar-refractivity contribution in [2.45, 2.75) is 44.2 Å². The van der Waals surface area contributed by atoms with Crippen molar-refractivity contribution in [2.75, 3.05) is 25.1 Å². The second-order valence-electron chi connectivity index (χ2n) is 7.46. The number of para-hydroxylation sites is 2. The van der Waals surface area contributed by atoms with Crippen molar-refractivity contribution in [3.63, 3.8) is 0 Å². The number of benzene rings is 2. The van der Waals surface area contributed by atoms with Crippen molar-refractivity contribution < 1.29 is 14.3 Å². The van der Waals surface area contributed by atoms with Crippen LogP contribution in [-0.4, -0.2) is 42.8 Å². The molecule has 2 aromatic carbocycles. The highest BCUT2D eigenvalue weighted by Gasteiger charge is 2.36. The number of amides is 2. The van der Waals surface area contributed by atoms with Gasteiger partial charge in [-0.3, -0.25) is 0 Å². The van der Waals surface area contributed by atoms with Gasteiger partial charge in [0.05, 0.1) is 31.0 Å². The third kappa shape index (κ3) is 4.47. The summed E-state index contributed by atoms with van der Waals surface area (Å²) in [6, 6.07) is 18.0. The Labute approximate surface area is 166 Å². The number of nitrogens with zero attached hydrogens (tertiary/aromatic N) is 1. The molecule has 0 radical (unpaired) electrons. The second kappa shape index (κ2) is 9.11. The number of morpholine rings is 1. The van der Waals surface area contributed by atoms with Crippen molar-refractivity contribution in [1.82, 2.24) is 4.90 Å². The Kier molecular flexibility index (Phi) is 6.12. The smallest absolute Gasteiger partial charge is 0.322 e. The van der Waals surface area contributed by atoms with Crippen LogP contribution in [0.15, 0.2) is 54.6 Å². The zero-order valence-electron chi connectivity index (χ0n) is 16.2. The van der Waals surface area contributed by atoms with E-state index in [0.29, 0.717) is 25.5 Å². The Morgan fingerprint density at radius 1 is 1.07 bits per heavy atom. The van der Waals surface area contributed by atoms with E-state index in [0.717, 1.165) is 31.4 Å². The van der Waals surface area contributed by atoms with Crippen LogP contribution in [-0.2, 0) is 11.2 Å². The number of ether oxygens (including phenoxy) is 2. The topological polar surface area (TPSA) is 50.8 Å². The maximum Gasteiger partial charge on any atom is 0.322 e. The molecule has 2 amide bonds. The van der Waals surface area contributed by atoms with Gasteiger partial charge in [0.15, 0.2) is 0 Å². The fourth-order valence-electron chi connectivity index (χ4n) is 4.15. The largest absolute Gasteiger partial charge is 0.491 e. The molecule has 5 nitrogen and oxygen atoms in total. The molecule has 0 bridgehead atoms. The van der Waals surface area contributed by atoms with Crippen molar-refractivity contribution in [1.29, 1.82) is 0 Å². The third-order valence-corrected chi connectivity index (χ3v) is 5.61. The summed E-state index contributed by atoms with van der Waals surface area (Å²) in [4.78, 5) is 14.9. The first-order valence-electron chi connectivity index (χ1n) is 10.3. The standard InChI is InChI=1S/C23H28N2O3/c26-23(25-15-17-28-22-13-7-5-11-20(22)25)24-19-10-4-6-12-21(19)27-16-14-18-8-2-1-3-9-18/h1-4,6,8-10,12,20,22H,5,7,11,13-17H2,(H,24,26)/t20-,22+/m1/s1. The van der Waals surface area contributed by atoms with Crippen molar-refractivity contribution in [3.8, 4) is 5.75 Å². The Bertz CT molecular complexity index is 778. The summed E-state index contributed by atoms with van der Waals surface area (Å²) in [6.45, 7) is 1.83. The monoisotopic (exact) mass is 380 g/mol. The Hall–Kier alpha value is -2.53. The number of rotatable bonds is 5. The van der Waals surface area contributed by atoms with Crippen molar-refractivity contribution >= 4 is 11.7 Å². The molecule has 1 N–H and O–H groups in total. The first-order chi connectivity index (χ1) is 13.8. The van der Waals surface area contributed by atoms with E-state index in [9.17, 15) is 4.79 Å². The molecule has 1 heterocycles. The van der Waals surface area contributed by atoms with Crippen LogP contribution in [0.2, 0.25) is 0 Å². The summed E-state index contributed by atoms with van der Waals surface area (Å²) in [7, 11) is 0. The van der Waals surface area contributed by atoms with Gasteiger partial charge in [0.2, 0.25) is 0 Å². The van der Waals surface area contributed by atoms with E-state index < -0.39 is 0 Å². The Morgan fingerprint density at radius 2 is 1.86 bits per heavy atom. The van der Waals surface area contributed by atoms with Crippen molar-refractivity contribution in [3.05, 3.63) is 60.2 Å². The van der Waals surface area contributed by atoms with Crippen LogP contribution in [0.4, 0.5) is 10.5 Å². The van der Waals surface area contributed by atoms with Crippen LogP contribution < -0.4 is 10.1 Å². The van der Waals surface area contributed by atoms with E-state index in [1.54, 1.807) is 0 Å². The number of urea groups is 1. The normalized spacial score (nSPS) is 21.6. The van der Waals surface area contributed by atoms with Gasteiger partial charge in [-0.05, 0) is 30.5 Å². The average Bonchev–Trinajstić information content (AvgIpc) is 2.75. The van der Waals surface area contributed by atoms with Crippen LogP contribution in [0.25, 0.3) is 0 Å². The van der Waals surface area contributed by atoms with E-state index in [1.165, 1.54) is 12.0 Å². The number of hydrogen-bond donors (Lipinski definition) is 1. The number of nitrogens with one attached hydrogen (secondary N) is 1. The summed E-state index contributed by atoms with van der Waals surface area (Å²) in [5.74, 6) is 0.709. The molecule has 2 atom stereocenters. The maximum absolute atomic E-state index is 13.0. The lowest BCUT2D eigenvalue weighted by Crippen LogP contribution is -2.56. The van der Waals surface area contributed by atoms with Gasteiger partial charge in [-0.1, -0.05) is 55.3 Å². The molecule has 2 fully saturated rings. The van der Waals surface area contributed by atoms with Gasteiger partial charge >= 0.3 is 6.03 Å². The van der Waals surface area contributed by atoms with Crippen molar-refractivity contribution in [2.24, 2.45) is 0 Å². The molecule has 4 rings (SSSR count). The first kappa shape index (κ1) is 18.8. The predicted octanol–water partition coefficient (Wildman–Crippen LogP) is 4.48. The molecule has 1 aliphatic carbocycles. The van der Waals surface area contributed by atoms with Gasteiger partial charge in [0.1, 0.15) is 5.75 Å². The minimum atomic E-state index is -0.0562. The fraction of sp³-hybridized carbons (Fsp3) is 0.435. The Balaban J connectivity index is 1.38. The number of carbonyl (C=O) groups is 1. The van der Waals surface area contributed by atoms with E-state index in [-0.39, 0.29) is 18.2 Å². The van der Waals surface area contributed by atoms with E-state index >= 15 is 0 Å². The number of fused-ring (bicyclic) bond motifs is 1. The molecule has 0 spiro atoms. The van der Waals surface area contributed by atoms with Crippen LogP contribution in [0.3, 0.4) is 0 Å². The molecule has 1 aliphatic heterocycles. The molecule has 0 unspecified atom stereocenters. The van der Waals surface area contributed by atoms with Crippen LogP contribution in [0.5, 0.6) is 5.75 Å². The fourth-order valence-corrected chi connectivity index (χ4v) is 4.15. The van der Waals surface area contributed by atoms with E-state index in [1.807, 2.05) is 47.4 Å². The summed E-state index contributed by atoms with van der Waals surface area (Å²) < 4.78 is 11.9. The Morgan fingerprint density at radius 3 is 2.75 bits per heavy atom. The molecular formula is C23H28N2O3. The lowest BCUT2D eigenvalue weighted by molar-refractivity contribution is -0.0694. The van der Waals surface area contributed by atoms with Gasteiger partial charge < -0.3 is 19.7 Å². The summed E-state index contributed by atoms with van der Waals surface area (Å²) >= 11 is 0. The molecule has 1 saturated carbocycles. The summed E-state index contributed by atoms with van der Waals surface area (Å²) in [5, 5.41) is 3.07. The van der Waals surface area contributed by atoms with Gasteiger partial charge in [-0.25, -0.2) is 4.79 Å². The lowest BCUT2D eigenvalue weighted by Gasteiger charge is -2.43. The first-order valence-corrected chi connectivity index (χ1v) is 10.3. The van der Waals surface area contributed by atoms with Gasteiger partial charge in [-0.15, -0.1) is 0 Å². The number of hydrogen-bond acceptors (Lipinski definition) is 3. The van der Waals surface area contributed by atoms with Crippen LogP contribution in [0, 0.1) is 0 Å². The highest BCUT2D eigenvalue weighted by atomic mass is 16.5. The third-order valence-electron chi connectivity index (χ3n) is 5.61. The molecule has 5 heteroatoms. The van der Waals surface area contributed by atoms with Crippen LogP contribution in [0.1, 0.15) is 31.2 Å². The second-order valence-corrected chi connectivity index (χ2v) is 7.46. The van der Waals surface area contributed by atoms with Gasteiger partial charge in [-0.2, -0.15) is 0 Å². The van der Waals surface area contributed by atoms with E-state index in [2.05, 4.69) is 17.4 Å². The maximum atomic E-state index is 13.0. The molecule has 28 heavy (non-hydrogen) atoms. The predicted molar refractivity (Wildman–Crippen MR) is 110 cm³/mol. The molecule has 148 valence electrons. The minimum absolute atomic E-state index is 0.0562. The lowest BCUT2D eigenvalue weighted by atomic mass is 9.90. The summed E-state index contributed by atoms with van der Waals surface area (Å²) in [5.41, 5.74) is 1.96. The molecule has 2 aromatic rings. The SMILES string of the molecule is O=C(Nc1ccccc1OCCc1ccccc1)N1CCO[C@H]2CCCC[C@H]21. The highest BCUT2D eigenvalue weighted by molar-refractivity contribution is 5.91. The zero-order valence-corrected chi connectivity index (χ0v) is 16.2. The number of anilines is 1. The van der Waals surface area contributed by atoms with Crippen LogP contribution >= 0.6 is 0 Å². The zero-order chi connectivity index (χ0) is 19.2. The highest BCUT2D eigenvalue weighted by Crippen LogP contribution is 2.30. The molecular weight excluding hydrogens is 352 g/mol. The summed E-state index contributed by atoms with van der Waals surface area (Å²) in [6.07, 6.45) is 5.44. The number of carbonyl (C=O) groups excluding carboxylic acids is 1. The molecule has 2 aliphatic rings. The van der Waals surface area contributed by atoms with E-state index in [4.69, 9.17) is 9.47 Å². The van der Waals surface area contributed by atoms with Gasteiger partial charge in [0.25, 0.3) is 0 Å². The minimum Gasteiger partial charge on any atom is -0.491 e. The quantitative estimate of drug-likeness (QED) is 0.832. The van der Waals surface area contributed by atoms with Gasteiger partial charge in [0, 0.05) is 13.0 Å². The molecule has 0 aromatic heterocycles. The average molecular weight is 380 g/mol. The molecule has 1 saturated heterocycles.